The van der Waals surface area contributed by atoms with Crippen LogP contribution in [-0.2, 0) is 11.2 Å². The molecule has 1 unspecified atom stereocenters. The van der Waals surface area contributed by atoms with Gasteiger partial charge in [0.25, 0.3) is 0 Å². The van der Waals surface area contributed by atoms with Gasteiger partial charge in [-0.1, -0.05) is 12.1 Å². The summed E-state index contributed by atoms with van der Waals surface area (Å²) in [5, 5.41) is 11.3. The number of benzene rings is 1. The number of carbonyl (C=O) groups is 1. The van der Waals surface area contributed by atoms with E-state index >= 15 is 0 Å². The van der Waals surface area contributed by atoms with Crippen molar-refractivity contribution in [3.05, 3.63) is 59.1 Å². The molecule has 20 heavy (non-hydrogen) atoms. The van der Waals surface area contributed by atoms with E-state index in [9.17, 15) is 14.3 Å². The van der Waals surface area contributed by atoms with Gasteiger partial charge in [-0.3, -0.25) is 9.20 Å². The summed E-state index contributed by atoms with van der Waals surface area (Å²) in [7, 11) is 0. The molecule has 0 aliphatic heterocycles. The van der Waals surface area contributed by atoms with Crippen molar-refractivity contribution in [3.8, 4) is 0 Å². The highest BCUT2D eigenvalue weighted by Gasteiger charge is 2.21. The number of carboxylic acids is 1. The van der Waals surface area contributed by atoms with Crippen molar-refractivity contribution in [3.63, 3.8) is 0 Å². The maximum Gasteiger partial charge on any atom is 0.311 e. The summed E-state index contributed by atoms with van der Waals surface area (Å²) in [4.78, 5) is 16.6. The van der Waals surface area contributed by atoms with Gasteiger partial charge in [0.1, 0.15) is 5.82 Å². The van der Waals surface area contributed by atoms with E-state index in [2.05, 4.69) is 4.98 Å². The Bertz CT molecular complexity index is 719. The largest absolute Gasteiger partial charge is 0.481 e. The number of fused-ring (bicyclic) bond motifs is 1. The van der Waals surface area contributed by atoms with Crippen LogP contribution in [0.25, 0.3) is 4.96 Å². The minimum atomic E-state index is -0.937. The Morgan fingerprint density at radius 1 is 1.40 bits per heavy atom. The van der Waals surface area contributed by atoms with Gasteiger partial charge in [-0.2, -0.15) is 0 Å². The molecule has 3 rings (SSSR count). The fourth-order valence-electron chi connectivity index (χ4n) is 2.13. The average Bonchev–Trinajstić information content (AvgIpc) is 2.97. The van der Waals surface area contributed by atoms with Crippen LogP contribution in [0, 0.1) is 5.82 Å². The number of halogens is 1. The Balaban J connectivity index is 1.89. The number of carboxylic acid groups (broad SMARTS) is 1. The van der Waals surface area contributed by atoms with Crippen LogP contribution in [0.1, 0.15) is 17.2 Å². The van der Waals surface area contributed by atoms with Crippen LogP contribution < -0.4 is 0 Å². The number of hydrogen-bond donors (Lipinski definition) is 1. The first kappa shape index (κ1) is 12.8. The monoisotopic (exact) mass is 290 g/mol. The van der Waals surface area contributed by atoms with Crippen LogP contribution in [0.2, 0.25) is 0 Å². The topological polar surface area (TPSA) is 54.6 Å². The van der Waals surface area contributed by atoms with E-state index in [0.29, 0.717) is 11.3 Å². The summed E-state index contributed by atoms with van der Waals surface area (Å²) < 4.78 is 14.8. The molecular formula is C14H11FN2O2S. The first-order valence-electron chi connectivity index (χ1n) is 6.03. The number of nitrogens with zero attached hydrogens (tertiary/aromatic N) is 2. The van der Waals surface area contributed by atoms with E-state index in [1.165, 1.54) is 35.6 Å². The third kappa shape index (κ3) is 2.42. The van der Waals surface area contributed by atoms with Gasteiger partial charge in [-0.15, -0.1) is 11.3 Å². The van der Waals surface area contributed by atoms with Crippen molar-refractivity contribution in [2.75, 3.05) is 0 Å². The summed E-state index contributed by atoms with van der Waals surface area (Å²) in [5.41, 5.74) is 1.30. The molecule has 1 aromatic carbocycles. The molecule has 2 heterocycles. The lowest BCUT2D eigenvalue weighted by atomic mass is 9.94. The van der Waals surface area contributed by atoms with Crippen molar-refractivity contribution < 1.29 is 14.3 Å². The molecule has 1 N–H and O–H groups in total. The van der Waals surface area contributed by atoms with Crippen molar-refractivity contribution >= 4 is 22.3 Å². The van der Waals surface area contributed by atoms with Gasteiger partial charge in [0.15, 0.2) is 4.96 Å². The first-order valence-corrected chi connectivity index (χ1v) is 6.91. The van der Waals surface area contributed by atoms with Crippen LogP contribution in [0.5, 0.6) is 0 Å². The van der Waals surface area contributed by atoms with Crippen molar-refractivity contribution in [2.24, 2.45) is 0 Å². The number of hydrogen-bond acceptors (Lipinski definition) is 3. The lowest BCUT2D eigenvalue weighted by Gasteiger charge is -2.11. The first-order chi connectivity index (χ1) is 9.63. The smallest absolute Gasteiger partial charge is 0.311 e. The average molecular weight is 290 g/mol. The minimum Gasteiger partial charge on any atom is -0.481 e. The molecule has 0 fully saturated rings. The second-order valence-electron chi connectivity index (χ2n) is 4.47. The third-order valence-electron chi connectivity index (χ3n) is 3.13. The third-order valence-corrected chi connectivity index (χ3v) is 3.90. The lowest BCUT2D eigenvalue weighted by molar-refractivity contribution is -0.138. The molecule has 102 valence electrons. The molecule has 4 nitrogen and oxygen atoms in total. The maximum atomic E-state index is 12.9. The van der Waals surface area contributed by atoms with E-state index in [1.807, 2.05) is 22.2 Å². The second kappa shape index (κ2) is 5.05. The Kier molecular flexibility index (Phi) is 3.23. The summed E-state index contributed by atoms with van der Waals surface area (Å²) >= 11 is 1.50. The SMILES string of the molecule is O=C(O)C(Cc1cn2ccsc2n1)c1ccc(F)cc1. The molecule has 0 saturated carbocycles. The van der Waals surface area contributed by atoms with Gasteiger partial charge in [-0.05, 0) is 17.7 Å². The highest BCUT2D eigenvalue weighted by molar-refractivity contribution is 7.15. The van der Waals surface area contributed by atoms with E-state index in [1.54, 1.807) is 0 Å². The fourth-order valence-corrected chi connectivity index (χ4v) is 2.85. The number of imidazole rings is 1. The lowest BCUT2D eigenvalue weighted by Crippen LogP contribution is -2.14. The maximum absolute atomic E-state index is 12.9. The molecule has 0 saturated heterocycles. The normalized spacial score (nSPS) is 12.7. The Labute approximate surface area is 118 Å². The molecule has 0 spiro atoms. The summed E-state index contributed by atoms with van der Waals surface area (Å²) in [5.74, 6) is -2.03. The summed E-state index contributed by atoms with van der Waals surface area (Å²) in [6, 6.07) is 5.56. The van der Waals surface area contributed by atoms with Crippen LogP contribution in [0.4, 0.5) is 4.39 Å². The van der Waals surface area contributed by atoms with Gasteiger partial charge < -0.3 is 5.11 Å². The van der Waals surface area contributed by atoms with Gasteiger partial charge in [0, 0.05) is 24.2 Å². The van der Waals surface area contributed by atoms with E-state index in [-0.39, 0.29) is 12.2 Å². The number of aliphatic carboxylic acids is 1. The van der Waals surface area contributed by atoms with Gasteiger partial charge in [-0.25, -0.2) is 9.37 Å². The molecule has 0 aliphatic rings. The molecular weight excluding hydrogens is 279 g/mol. The summed E-state index contributed by atoms with van der Waals surface area (Å²) in [6.07, 6.45) is 3.99. The number of aromatic nitrogens is 2. The van der Waals surface area contributed by atoms with Gasteiger partial charge in [0.05, 0.1) is 11.6 Å². The van der Waals surface area contributed by atoms with E-state index in [0.717, 1.165) is 4.96 Å². The van der Waals surface area contributed by atoms with E-state index in [4.69, 9.17) is 0 Å². The van der Waals surface area contributed by atoms with Crippen LogP contribution in [0.15, 0.2) is 42.0 Å². The zero-order valence-corrected chi connectivity index (χ0v) is 11.2. The molecule has 1 atom stereocenters. The van der Waals surface area contributed by atoms with E-state index < -0.39 is 11.9 Å². The highest BCUT2D eigenvalue weighted by atomic mass is 32.1. The van der Waals surface area contributed by atoms with Crippen molar-refractivity contribution in [1.29, 1.82) is 0 Å². The van der Waals surface area contributed by atoms with Crippen molar-refractivity contribution in [2.45, 2.75) is 12.3 Å². The van der Waals surface area contributed by atoms with Gasteiger partial charge in [0.2, 0.25) is 0 Å². The molecule has 3 aromatic rings. The molecule has 0 aliphatic carbocycles. The standard InChI is InChI=1S/C14H11FN2O2S/c15-10-3-1-9(2-4-10)12(13(18)19)7-11-8-17-5-6-20-14(17)16-11/h1-6,8,12H,7H2,(H,18,19). The molecule has 0 bridgehead atoms. The second-order valence-corrected chi connectivity index (χ2v) is 5.34. The molecule has 6 heteroatoms. The quantitative estimate of drug-likeness (QED) is 0.803. The van der Waals surface area contributed by atoms with Crippen LogP contribution in [0.3, 0.4) is 0 Å². The number of rotatable bonds is 4. The molecule has 0 radical (unpaired) electrons. The Hall–Kier alpha value is -2.21. The zero-order chi connectivity index (χ0) is 14.1. The fraction of sp³-hybridized carbons (Fsp3) is 0.143. The van der Waals surface area contributed by atoms with Crippen LogP contribution >= 0.6 is 11.3 Å². The Morgan fingerprint density at radius 3 is 2.80 bits per heavy atom. The van der Waals surface area contributed by atoms with Gasteiger partial charge >= 0.3 is 5.97 Å². The predicted molar refractivity (Wildman–Crippen MR) is 73.5 cm³/mol. The number of thiazole rings is 1. The van der Waals surface area contributed by atoms with Crippen molar-refractivity contribution in [1.82, 2.24) is 9.38 Å². The molecule has 2 aromatic heterocycles. The predicted octanol–water partition coefficient (Wildman–Crippen LogP) is 2.95. The minimum absolute atomic E-state index is 0.287. The highest BCUT2D eigenvalue weighted by Crippen LogP contribution is 2.22. The summed E-state index contributed by atoms with van der Waals surface area (Å²) in [6.45, 7) is 0. The Morgan fingerprint density at radius 2 is 2.15 bits per heavy atom. The van der Waals surface area contributed by atoms with Crippen LogP contribution in [-0.4, -0.2) is 20.5 Å². The zero-order valence-electron chi connectivity index (χ0n) is 10.4. The molecule has 0 amide bonds.